The van der Waals surface area contributed by atoms with Gasteiger partial charge in [0.05, 0.1) is 6.04 Å². The maximum absolute atomic E-state index is 12.1. The number of carbonyl (C=O) groups is 2. The van der Waals surface area contributed by atoms with Crippen molar-refractivity contribution in [3.8, 4) is 0 Å². The molecular formula is C17H17N3O5. The number of rotatable bonds is 4. The molecule has 8 nitrogen and oxygen atoms in total. The number of nitrogens with one attached hydrogen (secondary N) is 3. The van der Waals surface area contributed by atoms with E-state index < -0.39 is 29.7 Å². The highest BCUT2D eigenvalue weighted by Crippen LogP contribution is 2.29. The van der Waals surface area contributed by atoms with Crippen LogP contribution in [-0.4, -0.2) is 28.5 Å². The molecule has 1 aliphatic carbocycles. The third-order valence-corrected chi connectivity index (χ3v) is 4.08. The first kappa shape index (κ1) is 16.7. The summed E-state index contributed by atoms with van der Waals surface area (Å²) in [6.45, 7) is -0.504. The Morgan fingerprint density at radius 3 is 2.84 bits per heavy atom. The van der Waals surface area contributed by atoms with Crippen LogP contribution < -0.4 is 16.6 Å². The third-order valence-electron chi connectivity index (χ3n) is 4.08. The van der Waals surface area contributed by atoms with Crippen molar-refractivity contribution in [2.75, 3.05) is 6.61 Å². The molecule has 0 spiro atoms. The Hall–Kier alpha value is -3.16. The zero-order valence-electron chi connectivity index (χ0n) is 13.3. The monoisotopic (exact) mass is 343 g/mol. The Labute approximate surface area is 142 Å². The molecule has 1 heterocycles. The highest BCUT2D eigenvalue weighted by atomic mass is 16.5. The maximum Gasteiger partial charge on any atom is 0.345 e. The molecule has 3 N–H and O–H groups in total. The van der Waals surface area contributed by atoms with Gasteiger partial charge < -0.3 is 15.0 Å². The molecular weight excluding hydrogens is 326 g/mol. The number of aromatic nitrogens is 2. The van der Waals surface area contributed by atoms with Crippen LogP contribution in [0.4, 0.5) is 0 Å². The topological polar surface area (TPSA) is 121 Å². The summed E-state index contributed by atoms with van der Waals surface area (Å²) in [6, 6.07) is 7.78. The van der Waals surface area contributed by atoms with Gasteiger partial charge in [-0.25, -0.2) is 9.59 Å². The van der Waals surface area contributed by atoms with Gasteiger partial charge in [-0.05, 0) is 30.4 Å². The zero-order chi connectivity index (χ0) is 17.8. The summed E-state index contributed by atoms with van der Waals surface area (Å²) in [4.78, 5) is 50.4. The van der Waals surface area contributed by atoms with Gasteiger partial charge in [0.2, 0.25) is 0 Å². The van der Waals surface area contributed by atoms with Crippen molar-refractivity contribution >= 4 is 11.9 Å². The van der Waals surface area contributed by atoms with Crippen molar-refractivity contribution in [3.05, 3.63) is 68.0 Å². The number of ether oxygens (including phenoxy) is 1. The second-order valence-corrected chi connectivity index (χ2v) is 5.77. The smallest absolute Gasteiger partial charge is 0.345 e. The largest absolute Gasteiger partial charge is 0.452 e. The van der Waals surface area contributed by atoms with Crippen molar-refractivity contribution in [1.82, 2.24) is 15.3 Å². The van der Waals surface area contributed by atoms with Gasteiger partial charge in [-0.3, -0.25) is 14.6 Å². The normalized spacial score (nSPS) is 15.9. The number of carbonyl (C=O) groups excluding carboxylic acids is 2. The number of hydrogen-bond acceptors (Lipinski definition) is 5. The molecule has 0 bridgehead atoms. The van der Waals surface area contributed by atoms with E-state index >= 15 is 0 Å². The van der Waals surface area contributed by atoms with Crippen LogP contribution in [0.3, 0.4) is 0 Å². The van der Waals surface area contributed by atoms with Gasteiger partial charge in [-0.15, -0.1) is 0 Å². The van der Waals surface area contributed by atoms with Crippen LogP contribution >= 0.6 is 0 Å². The lowest BCUT2D eigenvalue weighted by Crippen LogP contribution is -2.35. The molecule has 1 atom stereocenters. The van der Waals surface area contributed by atoms with Crippen molar-refractivity contribution in [3.63, 3.8) is 0 Å². The van der Waals surface area contributed by atoms with Gasteiger partial charge in [0.15, 0.2) is 6.61 Å². The Morgan fingerprint density at radius 1 is 1.24 bits per heavy atom. The van der Waals surface area contributed by atoms with Gasteiger partial charge in [0.1, 0.15) is 5.56 Å². The van der Waals surface area contributed by atoms with Crippen molar-refractivity contribution in [2.24, 2.45) is 0 Å². The van der Waals surface area contributed by atoms with Crippen molar-refractivity contribution < 1.29 is 14.3 Å². The molecule has 0 saturated heterocycles. The van der Waals surface area contributed by atoms with E-state index in [9.17, 15) is 19.2 Å². The van der Waals surface area contributed by atoms with E-state index in [4.69, 9.17) is 4.74 Å². The fourth-order valence-electron chi connectivity index (χ4n) is 2.91. The molecule has 8 heteroatoms. The summed E-state index contributed by atoms with van der Waals surface area (Å²) in [7, 11) is 0. The number of hydrogen-bond donors (Lipinski definition) is 3. The van der Waals surface area contributed by atoms with Crippen LogP contribution in [0, 0.1) is 0 Å². The Balaban J connectivity index is 1.59. The standard InChI is InChI=1S/C17H17N3O5/c21-14(9-25-16(23)12-8-18-17(24)20-15(12)22)19-13-7-3-5-10-4-1-2-6-11(10)13/h1-2,4,6,8,13H,3,5,7,9H2,(H,19,21)(H2,18,20,22,24). The zero-order valence-corrected chi connectivity index (χ0v) is 13.3. The number of aryl methyl sites for hydroxylation is 1. The van der Waals surface area contributed by atoms with E-state index in [1.165, 1.54) is 5.56 Å². The lowest BCUT2D eigenvalue weighted by molar-refractivity contribution is -0.125. The molecule has 1 aliphatic rings. The molecule has 0 aliphatic heterocycles. The average molecular weight is 343 g/mol. The molecule has 3 rings (SSSR count). The highest BCUT2D eigenvalue weighted by molar-refractivity contribution is 5.90. The second-order valence-electron chi connectivity index (χ2n) is 5.77. The van der Waals surface area contributed by atoms with Crippen LogP contribution in [0.25, 0.3) is 0 Å². The Bertz CT molecular complexity index is 915. The molecule has 1 aromatic carbocycles. The first-order valence-corrected chi connectivity index (χ1v) is 7.91. The molecule has 1 amide bonds. The molecule has 0 radical (unpaired) electrons. The number of benzene rings is 1. The van der Waals surface area contributed by atoms with E-state index in [0.29, 0.717) is 0 Å². The summed E-state index contributed by atoms with van der Waals surface area (Å²) in [5, 5.41) is 2.85. The van der Waals surface area contributed by atoms with E-state index in [2.05, 4.69) is 10.3 Å². The van der Waals surface area contributed by atoms with Crippen LogP contribution in [0.2, 0.25) is 0 Å². The fourth-order valence-corrected chi connectivity index (χ4v) is 2.91. The molecule has 130 valence electrons. The predicted octanol–water partition coefficient (Wildman–Crippen LogP) is 0.414. The molecule has 0 fully saturated rings. The van der Waals surface area contributed by atoms with E-state index in [1.807, 2.05) is 29.2 Å². The Kier molecular flexibility index (Phi) is 4.78. The van der Waals surface area contributed by atoms with Gasteiger partial charge in [0, 0.05) is 6.20 Å². The molecule has 2 aromatic rings. The second kappa shape index (κ2) is 7.16. The lowest BCUT2D eigenvalue weighted by atomic mass is 9.88. The summed E-state index contributed by atoms with van der Waals surface area (Å²) in [5.74, 6) is -1.42. The average Bonchev–Trinajstić information content (AvgIpc) is 2.60. The van der Waals surface area contributed by atoms with Crippen molar-refractivity contribution in [1.29, 1.82) is 0 Å². The van der Waals surface area contributed by atoms with E-state index in [0.717, 1.165) is 31.0 Å². The highest BCUT2D eigenvalue weighted by Gasteiger charge is 2.22. The SMILES string of the molecule is O=C(COC(=O)c1c[nH]c(=O)[nH]c1=O)NC1CCCc2ccccc21. The summed E-state index contributed by atoms with van der Waals surface area (Å²) in [5.41, 5.74) is 0.322. The molecule has 0 saturated carbocycles. The third kappa shape index (κ3) is 3.85. The molecule has 1 unspecified atom stereocenters. The van der Waals surface area contributed by atoms with Crippen LogP contribution in [-0.2, 0) is 16.0 Å². The van der Waals surface area contributed by atoms with Gasteiger partial charge in [-0.1, -0.05) is 24.3 Å². The number of aromatic amines is 2. The minimum Gasteiger partial charge on any atom is -0.452 e. The number of esters is 1. The van der Waals surface area contributed by atoms with Gasteiger partial charge >= 0.3 is 11.7 Å². The molecule has 25 heavy (non-hydrogen) atoms. The number of fused-ring (bicyclic) bond motifs is 1. The number of H-pyrrole nitrogens is 2. The Morgan fingerprint density at radius 2 is 2.04 bits per heavy atom. The predicted molar refractivity (Wildman–Crippen MR) is 88.2 cm³/mol. The van der Waals surface area contributed by atoms with Crippen LogP contribution in [0.1, 0.15) is 40.4 Å². The minimum atomic E-state index is -0.975. The first-order valence-electron chi connectivity index (χ1n) is 7.91. The van der Waals surface area contributed by atoms with Crippen LogP contribution in [0.5, 0.6) is 0 Å². The number of amides is 1. The van der Waals surface area contributed by atoms with E-state index in [-0.39, 0.29) is 11.6 Å². The maximum atomic E-state index is 12.1. The van der Waals surface area contributed by atoms with Gasteiger partial charge in [-0.2, -0.15) is 0 Å². The summed E-state index contributed by atoms with van der Waals surface area (Å²) in [6.07, 6.45) is 3.72. The summed E-state index contributed by atoms with van der Waals surface area (Å²) < 4.78 is 4.85. The van der Waals surface area contributed by atoms with Gasteiger partial charge in [0.25, 0.3) is 11.5 Å². The minimum absolute atomic E-state index is 0.118. The quantitative estimate of drug-likeness (QED) is 0.695. The van der Waals surface area contributed by atoms with Crippen LogP contribution in [0.15, 0.2) is 40.1 Å². The molecule has 1 aromatic heterocycles. The summed E-state index contributed by atoms with van der Waals surface area (Å²) >= 11 is 0. The first-order chi connectivity index (χ1) is 12.0. The fraction of sp³-hybridized carbons (Fsp3) is 0.294. The van der Waals surface area contributed by atoms with E-state index in [1.54, 1.807) is 0 Å². The lowest BCUT2D eigenvalue weighted by Gasteiger charge is -2.26. The van der Waals surface area contributed by atoms with Crippen molar-refractivity contribution in [2.45, 2.75) is 25.3 Å².